The van der Waals surface area contributed by atoms with Crippen LogP contribution in [0.15, 0.2) is 10.9 Å². The van der Waals surface area contributed by atoms with Crippen LogP contribution in [0.4, 0.5) is 0 Å². The van der Waals surface area contributed by atoms with Crippen molar-refractivity contribution in [1.29, 1.82) is 0 Å². The molecule has 0 saturated heterocycles. The summed E-state index contributed by atoms with van der Waals surface area (Å²) in [5.74, 6) is 0. The van der Waals surface area contributed by atoms with Crippen molar-refractivity contribution < 1.29 is 0 Å². The number of aryl methyl sites for hydroxylation is 3. The van der Waals surface area contributed by atoms with Crippen molar-refractivity contribution in [2.45, 2.75) is 28.2 Å². The van der Waals surface area contributed by atoms with Gasteiger partial charge in [0.15, 0.2) is 0 Å². The Labute approximate surface area is 118 Å². The van der Waals surface area contributed by atoms with E-state index in [1.807, 2.05) is 33.9 Å². The normalized spacial score (nSPS) is 10.4. The molecule has 0 radical (unpaired) electrons. The van der Waals surface area contributed by atoms with E-state index in [-0.39, 0.29) is 13.0 Å². The van der Waals surface area contributed by atoms with E-state index in [0.29, 0.717) is 0 Å². The van der Waals surface area contributed by atoms with E-state index < -0.39 is 0 Å². The molecule has 0 aliphatic rings. The molecule has 0 aliphatic heterocycles. The van der Waals surface area contributed by atoms with Gasteiger partial charge in [0.25, 0.3) is 5.56 Å². The zero-order valence-corrected chi connectivity index (χ0v) is 12.1. The number of nitrogens with zero attached hydrogens (tertiary/aromatic N) is 2. The monoisotopic (exact) mass is 279 g/mol. The number of aromatic amines is 1. The lowest BCUT2D eigenvalue weighted by molar-refractivity contribution is 0.752. The Morgan fingerprint density at radius 3 is 2.21 bits per heavy atom. The van der Waals surface area contributed by atoms with Gasteiger partial charge in [0.1, 0.15) is 4.64 Å². The Balaban J connectivity index is 0.00000180. The van der Waals surface area contributed by atoms with Crippen LogP contribution >= 0.6 is 12.2 Å². The van der Waals surface area contributed by atoms with Gasteiger partial charge in [-0.05, 0) is 32.4 Å². The maximum absolute atomic E-state index is 12.0. The van der Waals surface area contributed by atoms with E-state index in [9.17, 15) is 4.79 Å². The van der Waals surface area contributed by atoms with Crippen molar-refractivity contribution in [1.82, 2.24) is 14.3 Å². The van der Waals surface area contributed by atoms with Gasteiger partial charge in [0.05, 0.1) is 11.4 Å². The summed E-state index contributed by atoms with van der Waals surface area (Å²) in [6.45, 7) is 5.81. The number of H-pyrrole nitrogens is 1. The van der Waals surface area contributed by atoms with Gasteiger partial charge >= 0.3 is 0 Å². The highest BCUT2D eigenvalue weighted by molar-refractivity contribution is 7.71. The fourth-order valence-corrected chi connectivity index (χ4v) is 2.49. The fourth-order valence-electron chi connectivity index (χ4n) is 2.34. The summed E-state index contributed by atoms with van der Waals surface area (Å²) in [7, 11) is 3.67. The second kappa shape index (κ2) is 5.17. The minimum Gasteiger partial charge on any atom is -0.309 e. The third-order valence-electron chi connectivity index (χ3n) is 3.30. The molecule has 1 N–H and O–H groups in total. The summed E-state index contributed by atoms with van der Waals surface area (Å²) in [5.41, 5.74) is 4.66. The molecule has 104 valence electrons. The molecule has 0 bridgehead atoms. The topological polar surface area (TPSA) is 42.7 Å². The standard InChI is InChI=1S/C13H17N3OS.CH4/c1-7-6-8(2)12(17)15(4)11(7)10-9(3)13(18)16(5)14-10;/h6,14H,1-5H3;1H4. The summed E-state index contributed by atoms with van der Waals surface area (Å²) >= 11 is 5.30. The van der Waals surface area contributed by atoms with Gasteiger partial charge in [-0.25, -0.2) is 0 Å². The van der Waals surface area contributed by atoms with Crippen molar-refractivity contribution >= 4 is 12.2 Å². The van der Waals surface area contributed by atoms with Crippen LogP contribution < -0.4 is 5.56 Å². The second-order valence-corrected chi connectivity index (χ2v) is 5.09. The van der Waals surface area contributed by atoms with Crippen molar-refractivity contribution in [3.05, 3.63) is 37.8 Å². The summed E-state index contributed by atoms with van der Waals surface area (Å²) in [4.78, 5) is 12.0. The Bertz CT molecular complexity index is 734. The van der Waals surface area contributed by atoms with E-state index in [1.54, 1.807) is 16.3 Å². The first kappa shape index (κ1) is 15.4. The third kappa shape index (κ3) is 2.30. The molecule has 2 heterocycles. The van der Waals surface area contributed by atoms with Gasteiger partial charge in [-0.1, -0.05) is 19.6 Å². The smallest absolute Gasteiger partial charge is 0.253 e. The summed E-state index contributed by atoms with van der Waals surface area (Å²) in [6, 6.07) is 1.92. The largest absolute Gasteiger partial charge is 0.309 e. The van der Waals surface area contributed by atoms with Gasteiger partial charge < -0.3 is 4.57 Å². The molecule has 0 aliphatic carbocycles. The molecule has 0 aromatic carbocycles. The number of nitrogens with one attached hydrogen (secondary N) is 1. The maximum atomic E-state index is 12.0. The third-order valence-corrected chi connectivity index (χ3v) is 3.88. The molecule has 19 heavy (non-hydrogen) atoms. The van der Waals surface area contributed by atoms with Crippen LogP contribution in [0.1, 0.15) is 24.1 Å². The average Bonchev–Trinajstić information content (AvgIpc) is 2.55. The van der Waals surface area contributed by atoms with E-state index >= 15 is 0 Å². The van der Waals surface area contributed by atoms with Gasteiger partial charge in [-0.2, -0.15) is 0 Å². The van der Waals surface area contributed by atoms with Crippen molar-refractivity contribution in [3.8, 4) is 11.4 Å². The van der Waals surface area contributed by atoms with Crippen LogP contribution in [-0.2, 0) is 14.1 Å². The Hall–Kier alpha value is -1.62. The minimum absolute atomic E-state index is 0. The first-order valence-corrected chi connectivity index (χ1v) is 6.18. The Kier molecular flexibility index (Phi) is 4.20. The number of pyridine rings is 1. The first-order chi connectivity index (χ1) is 8.34. The highest BCUT2D eigenvalue weighted by Crippen LogP contribution is 2.24. The predicted octanol–water partition coefficient (Wildman–Crippen LogP) is 3.01. The number of rotatable bonds is 1. The molecule has 4 nitrogen and oxygen atoms in total. The molecule has 2 aromatic heterocycles. The molecule has 0 amide bonds. The summed E-state index contributed by atoms with van der Waals surface area (Å²) in [5, 5.41) is 3.21. The molecule has 2 aromatic rings. The SMILES string of the molecule is C.Cc1cc(C)c(=O)n(C)c1-c1[nH]n(C)c(=S)c1C. The van der Waals surface area contributed by atoms with E-state index in [4.69, 9.17) is 12.2 Å². The summed E-state index contributed by atoms with van der Waals surface area (Å²) < 4.78 is 4.24. The van der Waals surface area contributed by atoms with Crippen molar-refractivity contribution in [2.24, 2.45) is 14.1 Å². The molecule has 0 spiro atoms. The maximum Gasteiger partial charge on any atom is 0.253 e. The highest BCUT2D eigenvalue weighted by atomic mass is 32.1. The number of hydrogen-bond acceptors (Lipinski definition) is 2. The van der Waals surface area contributed by atoms with Crippen LogP contribution in [0, 0.1) is 25.4 Å². The van der Waals surface area contributed by atoms with Gasteiger partial charge in [-0.3, -0.25) is 14.6 Å². The summed E-state index contributed by atoms with van der Waals surface area (Å²) in [6.07, 6.45) is 0. The Morgan fingerprint density at radius 1 is 1.16 bits per heavy atom. The molecule has 5 heteroatoms. The van der Waals surface area contributed by atoms with Crippen LogP contribution in [-0.4, -0.2) is 14.3 Å². The van der Waals surface area contributed by atoms with Gasteiger partial charge in [0, 0.05) is 25.2 Å². The Morgan fingerprint density at radius 2 is 1.74 bits per heavy atom. The zero-order valence-electron chi connectivity index (χ0n) is 11.3. The highest BCUT2D eigenvalue weighted by Gasteiger charge is 2.14. The lowest BCUT2D eigenvalue weighted by Gasteiger charge is -2.12. The number of hydrogen-bond donors (Lipinski definition) is 1. The average molecular weight is 279 g/mol. The molecule has 0 unspecified atom stereocenters. The molecule has 0 saturated carbocycles. The van der Waals surface area contributed by atoms with Gasteiger partial charge in [-0.15, -0.1) is 0 Å². The van der Waals surface area contributed by atoms with Crippen LogP contribution in [0.25, 0.3) is 11.4 Å². The molecule has 0 atom stereocenters. The van der Waals surface area contributed by atoms with Crippen molar-refractivity contribution in [2.75, 3.05) is 0 Å². The quantitative estimate of drug-likeness (QED) is 0.815. The lowest BCUT2D eigenvalue weighted by Crippen LogP contribution is -2.22. The fraction of sp³-hybridized carbons (Fsp3) is 0.429. The predicted molar refractivity (Wildman–Crippen MR) is 82.2 cm³/mol. The van der Waals surface area contributed by atoms with Crippen molar-refractivity contribution in [3.63, 3.8) is 0 Å². The van der Waals surface area contributed by atoms with Crippen LogP contribution in [0.3, 0.4) is 0 Å². The van der Waals surface area contributed by atoms with E-state index in [2.05, 4.69) is 5.10 Å². The zero-order chi connectivity index (χ0) is 13.6. The molecular weight excluding hydrogens is 258 g/mol. The number of aromatic nitrogens is 3. The van der Waals surface area contributed by atoms with Crippen LogP contribution in [0.5, 0.6) is 0 Å². The minimum atomic E-state index is 0. The van der Waals surface area contributed by atoms with Gasteiger partial charge in [0.2, 0.25) is 0 Å². The lowest BCUT2D eigenvalue weighted by atomic mass is 10.1. The van der Waals surface area contributed by atoms with E-state index in [1.165, 1.54) is 0 Å². The van der Waals surface area contributed by atoms with E-state index in [0.717, 1.165) is 32.7 Å². The molecule has 2 rings (SSSR count). The van der Waals surface area contributed by atoms with Crippen LogP contribution in [0.2, 0.25) is 0 Å². The first-order valence-electron chi connectivity index (χ1n) is 5.77. The second-order valence-electron chi connectivity index (χ2n) is 4.70. The molecular formula is C14H21N3OS. The molecule has 0 fully saturated rings.